The number of pyridine rings is 1. The van der Waals surface area contributed by atoms with E-state index in [1.165, 1.54) is 6.07 Å². The normalized spacial score (nSPS) is 10.6. The van der Waals surface area contributed by atoms with Gasteiger partial charge < -0.3 is 5.32 Å². The molecule has 2 nitrogen and oxygen atoms in total. The van der Waals surface area contributed by atoms with Gasteiger partial charge in [0.15, 0.2) is 0 Å². The number of aromatic nitrogens is 1. The number of rotatable bonds is 3. The van der Waals surface area contributed by atoms with Gasteiger partial charge in [-0.25, -0.2) is 0 Å². The van der Waals surface area contributed by atoms with Crippen LogP contribution in [0.5, 0.6) is 0 Å². The second-order valence-corrected chi connectivity index (χ2v) is 2.82. The first kappa shape index (κ1) is 14.9. The van der Waals surface area contributed by atoms with Crippen molar-refractivity contribution in [3.8, 4) is 0 Å². The van der Waals surface area contributed by atoms with Gasteiger partial charge in [0.1, 0.15) is 0 Å². The number of nitrogens with one attached hydrogen (secondary N) is 1. The predicted octanol–water partition coefficient (Wildman–Crippen LogP) is 3.24. The molecule has 0 saturated heterocycles. The first-order valence-corrected chi connectivity index (χ1v) is 5.27. The van der Waals surface area contributed by atoms with Gasteiger partial charge in [0.25, 0.3) is 0 Å². The summed E-state index contributed by atoms with van der Waals surface area (Å²) in [6.07, 6.45) is -3.45. The maximum absolute atomic E-state index is 12.1. The van der Waals surface area contributed by atoms with Crippen LogP contribution in [0, 0.1) is 0 Å². The third-order valence-corrected chi connectivity index (χ3v) is 1.71. The van der Waals surface area contributed by atoms with Crippen LogP contribution in [0.25, 0.3) is 0 Å². The number of alkyl halides is 3. The zero-order valence-electron chi connectivity index (χ0n) is 9.73. The van der Waals surface area contributed by atoms with Crippen LogP contribution < -0.4 is 5.32 Å². The van der Waals surface area contributed by atoms with E-state index < -0.39 is 11.7 Å². The lowest BCUT2D eigenvalue weighted by Gasteiger charge is -2.06. The molecular weight excluding hydrogens is 217 g/mol. The SMILES string of the molecule is CC.CCNCc1ccc(C(F)(F)F)cn1. The summed E-state index contributed by atoms with van der Waals surface area (Å²) >= 11 is 0. The molecule has 1 aromatic rings. The number of halogens is 3. The molecule has 1 N–H and O–H groups in total. The molecule has 5 heteroatoms. The minimum absolute atomic E-state index is 0.495. The van der Waals surface area contributed by atoms with Crippen LogP contribution in [0.2, 0.25) is 0 Å². The Morgan fingerprint density at radius 1 is 1.25 bits per heavy atom. The van der Waals surface area contributed by atoms with Gasteiger partial charge in [-0.15, -0.1) is 0 Å². The summed E-state index contributed by atoms with van der Waals surface area (Å²) in [5.41, 5.74) is -0.0994. The third kappa shape index (κ3) is 5.11. The first-order chi connectivity index (χ1) is 7.54. The molecule has 0 unspecified atom stereocenters. The van der Waals surface area contributed by atoms with Crippen LogP contribution in [0.3, 0.4) is 0 Å². The highest BCUT2D eigenvalue weighted by molar-refractivity contribution is 5.16. The lowest BCUT2D eigenvalue weighted by molar-refractivity contribution is -0.137. The van der Waals surface area contributed by atoms with Gasteiger partial charge in [-0.05, 0) is 18.7 Å². The topological polar surface area (TPSA) is 24.9 Å². The number of hydrogen-bond donors (Lipinski definition) is 1. The monoisotopic (exact) mass is 234 g/mol. The van der Waals surface area contributed by atoms with Crippen molar-refractivity contribution in [2.45, 2.75) is 33.5 Å². The molecule has 0 aliphatic heterocycles. The molecule has 1 rings (SSSR count). The Morgan fingerprint density at radius 2 is 1.88 bits per heavy atom. The van der Waals surface area contributed by atoms with Crippen molar-refractivity contribution < 1.29 is 13.2 Å². The van der Waals surface area contributed by atoms with Crippen molar-refractivity contribution >= 4 is 0 Å². The Balaban J connectivity index is 0.00000106. The molecule has 0 radical (unpaired) electrons. The van der Waals surface area contributed by atoms with Crippen molar-refractivity contribution in [3.63, 3.8) is 0 Å². The van der Waals surface area contributed by atoms with Crippen molar-refractivity contribution in [2.24, 2.45) is 0 Å². The number of hydrogen-bond acceptors (Lipinski definition) is 2. The highest BCUT2D eigenvalue weighted by Gasteiger charge is 2.30. The second kappa shape index (κ2) is 7.22. The first-order valence-electron chi connectivity index (χ1n) is 5.27. The molecule has 0 aliphatic rings. The lowest BCUT2D eigenvalue weighted by Crippen LogP contribution is -2.13. The molecule has 0 amide bonds. The Labute approximate surface area is 93.9 Å². The van der Waals surface area contributed by atoms with Gasteiger partial charge in [0.05, 0.1) is 11.3 Å². The lowest BCUT2D eigenvalue weighted by atomic mass is 10.2. The molecule has 0 fully saturated rings. The van der Waals surface area contributed by atoms with Crippen molar-refractivity contribution in [1.82, 2.24) is 10.3 Å². The highest BCUT2D eigenvalue weighted by atomic mass is 19.4. The van der Waals surface area contributed by atoms with Crippen molar-refractivity contribution in [3.05, 3.63) is 29.6 Å². The molecule has 0 aliphatic carbocycles. The summed E-state index contributed by atoms with van der Waals surface area (Å²) in [5, 5.41) is 2.98. The molecule has 0 saturated carbocycles. The highest BCUT2D eigenvalue weighted by Crippen LogP contribution is 2.28. The minimum atomic E-state index is -4.30. The Kier molecular flexibility index (Phi) is 6.72. The summed E-state index contributed by atoms with van der Waals surface area (Å²) in [7, 11) is 0. The Hall–Kier alpha value is -1.10. The minimum Gasteiger partial charge on any atom is -0.311 e. The van der Waals surface area contributed by atoms with Crippen molar-refractivity contribution in [2.75, 3.05) is 6.54 Å². The zero-order chi connectivity index (χ0) is 12.6. The Morgan fingerprint density at radius 3 is 2.25 bits per heavy atom. The van der Waals surface area contributed by atoms with Crippen LogP contribution in [0.4, 0.5) is 13.2 Å². The summed E-state index contributed by atoms with van der Waals surface area (Å²) in [6, 6.07) is 2.42. The van der Waals surface area contributed by atoms with E-state index in [2.05, 4.69) is 10.3 Å². The van der Waals surface area contributed by atoms with Crippen molar-refractivity contribution in [1.29, 1.82) is 0 Å². The van der Waals surface area contributed by atoms with Gasteiger partial charge >= 0.3 is 6.18 Å². The number of nitrogens with zero attached hydrogens (tertiary/aromatic N) is 1. The van der Waals surface area contributed by atoms with Crippen LogP contribution >= 0.6 is 0 Å². The molecule has 0 spiro atoms. The van der Waals surface area contributed by atoms with Gasteiger partial charge in [0.2, 0.25) is 0 Å². The van der Waals surface area contributed by atoms with Gasteiger partial charge in [0, 0.05) is 12.7 Å². The van der Waals surface area contributed by atoms with E-state index >= 15 is 0 Å². The van der Waals surface area contributed by atoms with E-state index in [1.54, 1.807) is 0 Å². The Bertz CT molecular complexity index is 280. The predicted molar refractivity (Wildman–Crippen MR) is 58.0 cm³/mol. The van der Waals surface area contributed by atoms with E-state index in [4.69, 9.17) is 0 Å². The van der Waals surface area contributed by atoms with Crippen LogP contribution in [0.1, 0.15) is 32.0 Å². The standard InChI is InChI=1S/C9H11F3N2.C2H6/c1-2-13-6-8-4-3-7(5-14-8)9(10,11)12;1-2/h3-5,13H,2,6H2,1H3;1-2H3. The summed E-state index contributed by atoms with van der Waals surface area (Å²) < 4.78 is 36.3. The van der Waals surface area contributed by atoms with E-state index in [1.807, 2.05) is 20.8 Å². The van der Waals surface area contributed by atoms with E-state index in [0.29, 0.717) is 12.2 Å². The van der Waals surface area contributed by atoms with Gasteiger partial charge in [-0.1, -0.05) is 20.8 Å². The molecule has 0 aromatic carbocycles. The maximum atomic E-state index is 12.1. The van der Waals surface area contributed by atoms with Crippen LogP contribution in [-0.2, 0) is 12.7 Å². The average Bonchev–Trinajstić information content (AvgIpc) is 2.28. The maximum Gasteiger partial charge on any atom is 0.417 e. The molecule has 92 valence electrons. The van der Waals surface area contributed by atoms with E-state index in [0.717, 1.165) is 18.8 Å². The smallest absolute Gasteiger partial charge is 0.311 e. The molecule has 0 atom stereocenters. The summed E-state index contributed by atoms with van der Waals surface area (Å²) in [4.78, 5) is 3.70. The van der Waals surface area contributed by atoms with Crippen LogP contribution in [0.15, 0.2) is 18.3 Å². The fourth-order valence-electron chi connectivity index (χ4n) is 0.950. The molecule has 1 heterocycles. The summed E-state index contributed by atoms with van der Waals surface area (Å²) in [6.45, 7) is 7.18. The second-order valence-electron chi connectivity index (χ2n) is 2.82. The zero-order valence-corrected chi connectivity index (χ0v) is 9.73. The molecule has 16 heavy (non-hydrogen) atoms. The fraction of sp³-hybridized carbons (Fsp3) is 0.545. The largest absolute Gasteiger partial charge is 0.417 e. The average molecular weight is 234 g/mol. The summed E-state index contributed by atoms with van der Waals surface area (Å²) in [5.74, 6) is 0. The van der Waals surface area contributed by atoms with E-state index in [-0.39, 0.29) is 0 Å². The molecule has 0 bridgehead atoms. The third-order valence-electron chi connectivity index (χ3n) is 1.71. The van der Waals surface area contributed by atoms with Crippen LogP contribution in [-0.4, -0.2) is 11.5 Å². The van der Waals surface area contributed by atoms with Gasteiger partial charge in [-0.3, -0.25) is 4.98 Å². The van der Waals surface area contributed by atoms with E-state index in [9.17, 15) is 13.2 Å². The fourth-order valence-corrected chi connectivity index (χ4v) is 0.950. The molecular formula is C11H17F3N2. The quantitative estimate of drug-likeness (QED) is 0.868. The molecule has 1 aromatic heterocycles. The van der Waals surface area contributed by atoms with Gasteiger partial charge in [-0.2, -0.15) is 13.2 Å².